The molecule has 0 unspecified atom stereocenters. The topological polar surface area (TPSA) is 184 Å². The molecule has 0 spiro atoms. The number of rotatable bonds is 8. The third-order valence-corrected chi connectivity index (χ3v) is 9.17. The average Bonchev–Trinajstić information content (AvgIpc) is 3.48. The number of amides is 2. The Balaban J connectivity index is 1.28. The second-order valence-corrected chi connectivity index (χ2v) is 12.8. The van der Waals surface area contributed by atoms with E-state index in [4.69, 9.17) is 14.9 Å². The van der Waals surface area contributed by atoms with Crippen molar-refractivity contribution in [3.05, 3.63) is 66.4 Å². The van der Waals surface area contributed by atoms with E-state index in [-0.39, 0.29) is 34.9 Å². The van der Waals surface area contributed by atoms with E-state index in [9.17, 15) is 18.0 Å². The van der Waals surface area contributed by atoms with Crippen LogP contribution in [0.15, 0.2) is 70.1 Å². The predicted molar refractivity (Wildman–Crippen MR) is 157 cm³/mol. The summed E-state index contributed by atoms with van der Waals surface area (Å²) in [5.74, 6) is -0.552. The maximum atomic E-state index is 13.2. The summed E-state index contributed by atoms with van der Waals surface area (Å²) in [5, 5.41) is 9.89. The molecule has 3 heterocycles. The van der Waals surface area contributed by atoms with Crippen molar-refractivity contribution >= 4 is 33.7 Å². The first kappa shape index (κ1) is 29.6. The highest BCUT2D eigenvalue weighted by molar-refractivity contribution is 7.92. The van der Waals surface area contributed by atoms with Gasteiger partial charge in [0.1, 0.15) is 12.6 Å². The van der Waals surface area contributed by atoms with Crippen LogP contribution in [-0.4, -0.2) is 63.3 Å². The summed E-state index contributed by atoms with van der Waals surface area (Å²) in [6.45, 7) is 3.72. The Morgan fingerprint density at radius 2 is 1.84 bits per heavy atom. The minimum atomic E-state index is -3.42. The first-order valence-corrected chi connectivity index (χ1v) is 15.3. The molecule has 0 saturated carbocycles. The predicted octanol–water partition coefficient (Wildman–Crippen LogP) is 4.09. The highest BCUT2D eigenvalue weighted by Gasteiger charge is 2.34. The van der Waals surface area contributed by atoms with Crippen molar-refractivity contribution in [1.29, 1.82) is 0 Å². The second kappa shape index (κ2) is 12.6. The maximum absolute atomic E-state index is 13.2. The molecule has 43 heavy (non-hydrogen) atoms. The van der Waals surface area contributed by atoms with E-state index < -0.39 is 33.1 Å². The zero-order valence-electron chi connectivity index (χ0n) is 23.6. The Hall–Kier alpha value is -4.85. The molecular weight excluding hydrogens is 574 g/mol. The molecule has 2 amide bonds. The highest BCUT2D eigenvalue weighted by atomic mass is 32.2. The lowest BCUT2D eigenvalue weighted by Crippen LogP contribution is -2.50. The van der Waals surface area contributed by atoms with Gasteiger partial charge in [0.15, 0.2) is 21.3 Å². The van der Waals surface area contributed by atoms with Gasteiger partial charge in [0, 0.05) is 12.1 Å². The Bertz CT molecular complexity index is 1710. The molecule has 4 aromatic rings. The lowest BCUT2D eigenvalue weighted by Gasteiger charge is -2.33. The molecule has 0 radical (unpaired) electrons. The fourth-order valence-electron chi connectivity index (χ4n) is 4.57. The third kappa shape index (κ3) is 6.64. The Morgan fingerprint density at radius 3 is 2.56 bits per heavy atom. The first-order chi connectivity index (χ1) is 20.6. The first-order valence-electron chi connectivity index (χ1n) is 13.7. The Kier molecular flexibility index (Phi) is 8.66. The van der Waals surface area contributed by atoms with Crippen LogP contribution in [0.1, 0.15) is 38.7 Å². The number of hydrogen-bond acceptors (Lipinski definition) is 11. The van der Waals surface area contributed by atoms with Gasteiger partial charge < -0.3 is 14.9 Å². The van der Waals surface area contributed by atoms with Crippen LogP contribution < -0.4 is 11.1 Å². The summed E-state index contributed by atoms with van der Waals surface area (Å²) < 4.78 is 36.0. The van der Waals surface area contributed by atoms with E-state index in [1.165, 1.54) is 23.2 Å². The van der Waals surface area contributed by atoms with Crippen molar-refractivity contribution in [3.63, 3.8) is 0 Å². The molecule has 13 nitrogen and oxygen atoms in total. The van der Waals surface area contributed by atoms with Gasteiger partial charge in [-0.2, -0.15) is 0 Å². The fraction of sp³-hybridized carbons (Fsp3) is 0.310. The minimum absolute atomic E-state index is 0.0175. The zero-order chi connectivity index (χ0) is 30.6. The number of anilines is 2. The number of nitrogen functional groups attached to an aromatic ring is 1. The Morgan fingerprint density at radius 1 is 1.09 bits per heavy atom. The number of sulfone groups is 1. The van der Waals surface area contributed by atoms with E-state index in [0.717, 1.165) is 18.4 Å². The number of likely N-dealkylation sites (tertiary alicyclic amines) is 1. The zero-order valence-corrected chi connectivity index (χ0v) is 24.5. The standard InChI is InChI=1S/C29H31N7O6S/c1-18(2)43(39,40)21-13-11-20(12-14-21)22-16-31-25(30)24(32-22)27-34-35-28(42-27)33-26(37)23-10-6-7-15-36(23)29(38)41-17-19-8-4-3-5-9-19/h3-5,8-9,11-14,16,18,23H,6-7,10,15,17H2,1-2H3,(H2,30,31)(H,33,35,37)/t23-/m0/s1. The number of nitrogens with zero attached hydrogens (tertiary/aromatic N) is 5. The molecule has 224 valence electrons. The van der Waals surface area contributed by atoms with Gasteiger partial charge in [-0.1, -0.05) is 47.6 Å². The van der Waals surface area contributed by atoms with Crippen molar-refractivity contribution in [2.45, 2.75) is 55.9 Å². The van der Waals surface area contributed by atoms with Crippen molar-refractivity contribution in [2.75, 3.05) is 17.6 Å². The molecule has 2 aromatic carbocycles. The molecule has 0 bridgehead atoms. The number of nitrogens with one attached hydrogen (secondary N) is 1. The summed E-state index contributed by atoms with van der Waals surface area (Å²) in [6.07, 6.45) is 2.83. The van der Waals surface area contributed by atoms with Crippen LogP contribution in [0.5, 0.6) is 0 Å². The van der Waals surface area contributed by atoms with Gasteiger partial charge in [0.05, 0.1) is 22.0 Å². The molecule has 1 atom stereocenters. The molecule has 1 fully saturated rings. The molecule has 1 aliphatic heterocycles. The maximum Gasteiger partial charge on any atom is 0.410 e. The van der Waals surface area contributed by atoms with Crippen LogP contribution >= 0.6 is 0 Å². The highest BCUT2D eigenvalue weighted by Crippen LogP contribution is 2.28. The molecule has 1 saturated heterocycles. The number of piperidine rings is 1. The van der Waals surface area contributed by atoms with E-state index in [1.807, 2.05) is 30.3 Å². The quantitative estimate of drug-likeness (QED) is 0.295. The summed E-state index contributed by atoms with van der Waals surface area (Å²) in [7, 11) is -3.42. The number of nitrogens with two attached hydrogens (primary N) is 1. The number of hydrogen-bond donors (Lipinski definition) is 2. The SMILES string of the molecule is CC(C)S(=O)(=O)c1ccc(-c2cnc(N)c(-c3nnc(NC(=O)[C@@H]4CCCCN4C(=O)OCc4ccccc4)o3)n2)cc1. The minimum Gasteiger partial charge on any atom is -0.445 e. The van der Waals surface area contributed by atoms with E-state index in [1.54, 1.807) is 26.0 Å². The lowest BCUT2D eigenvalue weighted by molar-refractivity contribution is -0.122. The summed E-state index contributed by atoms with van der Waals surface area (Å²) in [6, 6.07) is 14.6. The van der Waals surface area contributed by atoms with Gasteiger partial charge in [-0.3, -0.25) is 15.0 Å². The van der Waals surface area contributed by atoms with E-state index >= 15 is 0 Å². The van der Waals surface area contributed by atoms with E-state index in [2.05, 4.69) is 25.5 Å². The number of ether oxygens (including phenoxy) is 1. The van der Waals surface area contributed by atoms with Crippen molar-refractivity contribution in [2.24, 2.45) is 0 Å². The number of carbonyl (C=O) groups is 2. The van der Waals surface area contributed by atoms with Crippen LogP contribution in [0.4, 0.5) is 16.6 Å². The normalized spacial score (nSPS) is 15.3. The second-order valence-electron chi connectivity index (χ2n) is 10.3. The van der Waals surface area contributed by atoms with Crippen LogP contribution in [0, 0.1) is 0 Å². The smallest absolute Gasteiger partial charge is 0.410 e. The molecule has 5 rings (SSSR count). The number of carbonyl (C=O) groups excluding carboxylic acids is 2. The largest absolute Gasteiger partial charge is 0.445 e. The van der Waals surface area contributed by atoms with Crippen molar-refractivity contribution in [3.8, 4) is 22.8 Å². The molecular formula is C29H31N7O6S. The molecule has 2 aromatic heterocycles. The molecule has 1 aliphatic rings. The summed E-state index contributed by atoms with van der Waals surface area (Å²) in [5.41, 5.74) is 7.97. The van der Waals surface area contributed by atoms with Crippen molar-refractivity contribution < 1.29 is 27.2 Å². The fourth-order valence-corrected chi connectivity index (χ4v) is 5.63. The van der Waals surface area contributed by atoms with Crippen LogP contribution in [-0.2, 0) is 26.0 Å². The van der Waals surface area contributed by atoms with E-state index in [0.29, 0.717) is 24.2 Å². The third-order valence-electron chi connectivity index (χ3n) is 7.00. The van der Waals surface area contributed by atoms with Gasteiger partial charge in [-0.15, -0.1) is 5.10 Å². The summed E-state index contributed by atoms with van der Waals surface area (Å²) >= 11 is 0. The molecule has 0 aliphatic carbocycles. The van der Waals surface area contributed by atoms with Crippen LogP contribution in [0.2, 0.25) is 0 Å². The summed E-state index contributed by atoms with van der Waals surface area (Å²) in [4.78, 5) is 36.3. The number of benzene rings is 2. The molecule has 3 N–H and O–H groups in total. The van der Waals surface area contributed by atoms with Gasteiger partial charge in [0.2, 0.25) is 0 Å². The monoisotopic (exact) mass is 605 g/mol. The van der Waals surface area contributed by atoms with Gasteiger partial charge in [0.25, 0.3) is 11.8 Å². The number of aromatic nitrogens is 4. The average molecular weight is 606 g/mol. The van der Waals surface area contributed by atoms with Gasteiger partial charge in [-0.25, -0.2) is 23.2 Å². The van der Waals surface area contributed by atoms with Gasteiger partial charge >= 0.3 is 12.1 Å². The molecule has 14 heteroatoms. The van der Waals surface area contributed by atoms with Gasteiger partial charge in [-0.05, 0) is 50.8 Å². The lowest BCUT2D eigenvalue weighted by atomic mass is 10.0. The van der Waals surface area contributed by atoms with Crippen LogP contribution in [0.25, 0.3) is 22.8 Å². The Labute approximate surface area is 248 Å². The van der Waals surface area contributed by atoms with Crippen LogP contribution in [0.3, 0.4) is 0 Å². The van der Waals surface area contributed by atoms with Crippen molar-refractivity contribution in [1.82, 2.24) is 25.1 Å².